The highest BCUT2D eigenvalue weighted by Gasteiger charge is 2.43. The van der Waals surface area contributed by atoms with Gasteiger partial charge in [-0.2, -0.15) is 0 Å². The van der Waals surface area contributed by atoms with E-state index in [4.69, 9.17) is 0 Å². The Bertz CT molecular complexity index is 667. The van der Waals surface area contributed by atoms with Crippen molar-refractivity contribution in [2.75, 3.05) is 5.32 Å². The van der Waals surface area contributed by atoms with Gasteiger partial charge in [0.05, 0.1) is 18.1 Å². The Hall–Kier alpha value is -2.30. The molecular formula is C17H18N4O. The van der Waals surface area contributed by atoms with Crippen molar-refractivity contribution in [2.24, 2.45) is 11.8 Å². The molecule has 4 rings (SSSR count). The molecule has 0 unspecified atom stereocenters. The molecule has 2 fully saturated rings. The lowest BCUT2D eigenvalue weighted by Gasteiger charge is -2.05. The van der Waals surface area contributed by atoms with Crippen LogP contribution in [0.2, 0.25) is 0 Å². The van der Waals surface area contributed by atoms with Crippen molar-refractivity contribution in [1.82, 2.24) is 15.0 Å². The average Bonchev–Trinajstić information content (AvgIpc) is 3.45. The largest absolute Gasteiger partial charge is 0.323 e. The van der Waals surface area contributed by atoms with Gasteiger partial charge in [-0.1, -0.05) is 0 Å². The minimum atomic E-state index is 0.0496. The molecule has 0 aromatic carbocycles. The van der Waals surface area contributed by atoms with Gasteiger partial charge in [0.2, 0.25) is 5.91 Å². The molecule has 1 amide bonds. The normalized spacial score (nSPS) is 23.1. The summed E-state index contributed by atoms with van der Waals surface area (Å²) in [5.74, 6) is 2.07. The quantitative estimate of drug-likeness (QED) is 0.920. The second-order valence-corrected chi connectivity index (χ2v) is 6.25. The van der Waals surface area contributed by atoms with Crippen molar-refractivity contribution in [3.05, 3.63) is 48.3 Å². The third-order valence-electron chi connectivity index (χ3n) is 4.40. The van der Waals surface area contributed by atoms with E-state index in [1.807, 2.05) is 12.1 Å². The summed E-state index contributed by atoms with van der Waals surface area (Å²) in [6, 6.07) is 3.96. The van der Waals surface area contributed by atoms with Crippen molar-refractivity contribution in [3.8, 4) is 0 Å². The standard InChI is InChI=1S/C17H18N4O/c22-17(15-8-14(15)12-3-5-18-6-4-12)21-13-9-19-16(20-10-13)7-11-1-2-11/h3-6,9-11,14-15H,1-2,7-8H2,(H,21,22)/t14-,15+/m0/s1. The van der Waals surface area contributed by atoms with E-state index in [2.05, 4.69) is 20.3 Å². The van der Waals surface area contributed by atoms with Crippen LogP contribution in [0.1, 0.15) is 36.6 Å². The maximum Gasteiger partial charge on any atom is 0.228 e. The van der Waals surface area contributed by atoms with Crippen molar-refractivity contribution in [3.63, 3.8) is 0 Å². The summed E-state index contributed by atoms with van der Waals surface area (Å²) >= 11 is 0. The van der Waals surface area contributed by atoms with Crippen LogP contribution in [0.3, 0.4) is 0 Å². The second-order valence-electron chi connectivity index (χ2n) is 6.25. The van der Waals surface area contributed by atoms with Gasteiger partial charge in [-0.25, -0.2) is 9.97 Å². The number of nitrogens with zero attached hydrogens (tertiary/aromatic N) is 3. The predicted molar refractivity (Wildman–Crippen MR) is 82.2 cm³/mol. The van der Waals surface area contributed by atoms with Gasteiger partial charge in [0.15, 0.2) is 0 Å². The van der Waals surface area contributed by atoms with Crippen molar-refractivity contribution in [2.45, 2.75) is 31.6 Å². The zero-order valence-electron chi connectivity index (χ0n) is 12.3. The number of nitrogens with one attached hydrogen (secondary N) is 1. The average molecular weight is 294 g/mol. The van der Waals surface area contributed by atoms with Crippen LogP contribution < -0.4 is 5.32 Å². The summed E-state index contributed by atoms with van der Waals surface area (Å²) in [5.41, 5.74) is 1.87. The van der Waals surface area contributed by atoms with Gasteiger partial charge in [0.1, 0.15) is 5.82 Å². The fourth-order valence-corrected chi connectivity index (χ4v) is 2.80. The molecule has 5 nitrogen and oxygen atoms in total. The predicted octanol–water partition coefficient (Wildman–Crippen LogP) is 2.57. The SMILES string of the molecule is O=C(Nc1cnc(CC2CC2)nc1)[C@@H]1C[C@H]1c1ccncc1. The Morgan fingerprint density at radius 2 is 1.91 bits per heavy atom. The van der Waals surface area contributed by atoms with Gasteiger partial charge < -0.3 is 5.32 Å². The fraction of sp³-hybridized carbons (Fsp3) is 0.412. The lowest BCUT2D eigenvalue weighted by atomic mass is 10.1. The molecule has 2 aromatic heterocycles. The summed E-state index contributed by atoms with van der Waals surface area (Å²) in [4.78, 5) is 24.9. The molecule has 0 saturated heterocycles. The smallest absolute Gasteiger partial charge is 0.228 e. The zero-order valence-corrected chi connectivity index (χ0v) is 12.3. The van der Waals surface area contributed by atoms with Gasteiger partial charge >= 0.3 is 0 Å². The van der Waals surface area contributed by atoms with Crippen molar-refractivity contribution >= 4 is 11.6 Å². The van der Waals surface area contributed by atoms with Crippen LogP contribution in [0.25, 0.3) is 0 Å². The van der Waals surface area contributed by atoms with Crippen LogP contribution in [0, 0.1) is 11.8 Å². The van der Waals surface area contributed by atoms with Gasteiger partial charge in [-0.15, -0.1) is 0 Å². The van der Waals surface area contributed by atoms with Crippen LogP contribution in [-0.4, -0.2) is 20.9 Å². The first-order valence-electron chi connectivity index (χ1n) is 7.81. The minimum absolute atomic E-state index is 0.0496. The molecule has 1 N–H and O–H groups in total. The monoisotopic (exact) mass is 294 g/mol. The molecule has 0 bridgehead atoms. The molecule has 2 saturated carbocycles. The van der Waals surface area contributed by atoms with Gasteiger partial charge in [-0.05, 0) is 48.8 Å². The molecule has 0 spiro atoms. The Morgan fingerprint density at radius 3 is 2.59 bits per heavy atom. The van der Waals surface area contributed by atoms with E-state index in [0.717, 1.165) is 24.6 Å². The van der Waals surface area contributed by atoms with E-state index in [-0.39, 0.29) is 11.8 Å². The highest BCUT2D eigenvalue weighted by atomic mass is 16.2. The summed E-state index contributed by atoms with van der Waals surface area (Å²) in [6.07, 6.45) is 11.4. The molecule has 2 heterocycles. The summed E-state index contributed by atoms with van der Waals surface area (Å²) in [5, 5.41) is 2.92. The number of pyridine rings is 1. The lowest BCUT2D eigenvalue weighted by Crippen LogP contribution is -2.15. The summed E-state index contributed by atoms with van der Waals surface area (Å²) < 4.78 is 0. The number of aromatic nitrogens is 3. The number of carbonyl (C=O) groups is 1. The number of hydrogen-bond acceptors (Lipinski definition) is 4. The Balaban J connectivity index is 1.34. The number of hydrogen-bond donors (Lipinski definition) is 1. The summed E-state index contributed by atoms with van der Waals surface area (Å²) in [6.45, 7) is 0. The maximum absolute atomic E-state index is 12.2. The van der Waals surface area contributed by atoms with Crippen LogP contribution in [0.5, 0.6) is 0 Å². The topological polar surface area (TPSA) is 67.8 Å². The van der Waals surface area contributed by atoms with Crippen molar-refractivity contribution in [1.29, 1.82) is 0 Å². The Labute approximate surface area is 129 Å². The second kappa shape index (κ2) is 5.48. The van der Waals surface area contributed by atoms with E-state index in [1.54, 1.807) is 24.8 Å². The first-order chi connectivity index (χ1) is 10.8. The van der Waals surface area contributed by atoms with E-state index in [9.17, 15) is 4.79 Å². The van der Waals surface area contributed by atoms with E-state index in [0.29, 0.717) is 11.6 Å². The molecule has 112 valence electrons. The molecule has 5 heteroatoms. The number of rotatable bonds is 5. The first-order valence-corrected chi connectivity index (χ1v) is 7.81. The number of carbonyl (C=O) groups excluding carboxylic acids is 1. The molecule has 2 atom stereocenters. The van der Waals surface area contributed by atoms with Crippen LogP contribution in [-0.2, 0) is 11.2 Å². The molecule has 0 radical (unpaired) electrons. The molecule has 0 aliphatic heterocycles. The Kier molecular flexibility index (Phi) is 3.33. The highest BCUT2D eigenvalue weighted by Crippen LogP contribution is 2.47. The van der Waals surface area contributed by atoms with Crippen LogP contribution in [0.4, 0.5) is 5.69 Å². The molecular weight excluding hydrogens is 276 g/mol. The van der Waals surface area contributed by atoms with Crippen LogP contribution in [0.15, 0.2) is 36.9 Å². The minimum Gasteiger partial charge on any atom is -0.323 e. The first kappa shape index (κ1) is 13.4. The van der Waals surface area contributed by atoms with E-state index >= 15 is 0 Å². The van der Waals surface area contributed by atoms with E-state index < -0.39 is 0 Å². The highest BCUT2D eigenvalue weighted by molar-refractivity contribution is 5.94. The molecule has 2 aliphatic carbocycles. The lowest BCUT2D eigenvalue weighted by molar-refractivity contribution is -0.117. The molecule has 2 aromatic rings. The van der Waals surface area contributed by atoms with Crippen LogP contribution >= 0.6 is 0 Å². The summed E-state index contributed by atoms with van der Waals surface area (Å²) in [7, 11) is 0. The Morgan fingerprint density at radius 1 is 1.18 bits per heavy atom. The third-order valence-corrected chi connectivity index (χ3v) is 4.40. The third kappa shape index (κ3) is 2.98. The molecule has 2 aliphatic rings. The maximum atomic E-state index is 12.2. The number of anilines is 1. The zero-order chi connectivity index (χ0) is 14.9. The molecule has 22 heavy (non-hydrogen) atoms. The number of amides is 1. The van der Waals surface area contributed by atoms with E-state index in [1.165, 1.54) is 18.4 Å². The van der Waals surface area contributed by atoms with Gasteiger partial charge in [-0.3, -0.25) is 9.78 Å². The van der Waals surface area contributed by atoms with Gasteiger partial charge in [0, 0.05) is 24.7 Å². The fourth-order valence-electron chi connectivity index (χ4n) is 2.80. The van der Waals surface area contributed by atoms with Gasteiger partial charge in [0.25, 0.3) is 0 Å². The van der Waals surface area contributed by atoms with Crippen molar-refractivity contribution < 1.29 is 4.79 Å².